The maximum atomic E-state index is 12.4. The summed E-state index contributed by atoms with van der Waals surface area (Å²) in [6.07, 6.45) is 54.7. The van der Waals surface area contributed by atoms with Crippen molar-refractivity contribution >= 4 is 11.9 Å². The zero-order chi connectivity index (χ0) is 42.3. The summed E-state index contributed by atoms with van der Waals surface area (Å²) in [6, 6.07) is -0.577. The molecule has 0 spiro atoms. The number of aliphatic hydroxyl groups excluding tert-OH is 2. The molecule has 2 atom stereocenters. The monoisotopic (exact) mass is 820 g/mol. The Kier molecular flexibility index (Phi) is 47.1. The molecule has 0 fully saturated rings. The fourth-order valence-electron chi connectivity index (χ4n) is 8.05. The van der Waals surface area contributed by atoms with Crippen LogP contribution in [0.2, 0.25) is 0 Å². The molecule has 0 saturated carbocycles. The highest BCUT2D eigenvalue weighted by molar-refractivity contribution is 5.76. The van der Waals surface area contributed by atoms with Gasteiger partial charge in [-0.25, -0.2) is 0 Å². The van der Waals surface area contributed by atoms with Gasteiger partial charge in [0.2, 0.25) is 5.91 Å². The molecule has 1 amide bonds. The number of ether oxygens (including phenoxy) is 1. The summed E-state index contributed by atoms with van der Waals surface area (Å²) in [4.78, 5) is 24.5. The zero-order valence-corrected chi connectivity index (χ0v) is 39.0. The predicted molar refractivity (Wildman–Crippen MR) is 250 cm³/mol. The number of allylic oxidation sites excluding steroid dienone is 2. The molecule has 0 rings (SSSR count). The van der Waals surface area contributed by atoms with Crippen molar-refractivity contribution in [1.29, 1.82) is 0 Å². The van der Waals surface area contributed by atoms with E-state index in [0.29, 0.717) is 25.9 Å². The second-order valence-corrected chi connectivity index (χ2v) is 17.9. The molecule has 344 valence electrons. The molecule has 0 radical (unpaired) electrons. The molecule has 0 heterocycles. The molecule has 58 heavy (non-hydrogen) atoms. The van der Waals surface area contributed by atoms with Crippen LogP contribution in [0.4, 0.5) is 0 Å². The Bertz CT molecular complexity index is 863. The van der Waals surface area contributed by atoms with E-state index in [9.17, 15) is 19.8 Å². The minimum atomic E-state index is -0.693. The number of rotatable bonds is 48. The molecule has 3 N–H and O–H groups in total. The van der Waals surface area contributed by atoms with E-state index in [-0.39, 0.29) is 18.5 Å². The van der Waals surface area contributed by atoms with Gasteiger partial charge in [-0.2, -0.15) is 0 Å². The van der Waals surface area contributed by atoms with Crippen LogP contribution in [0.5, 0.6) is 0 Å². The van der Waals surface area contributed by atoms with Crippen LogP contribution in [0, 0.1) is 0 Å². The molecule has 6 heteroatoms. The van der Waals surface area contributed by atoms with Gasteiger partial charge in [-0.05, 0) is 44.9 Å². The van der Waals surface area contributed by atoms with Gasteiger partial charge in [0.1, 0.15) is 0 Å². The molecule has 0 aliphatic rings. The molecule has 0 aromatic rings. The molecule has 0 saturated heterocycles. The topological polar surface area (TPSA) is 95.9 Å². The number of hydrogen-bond donors (Lipinski definition) is 3. The van der Waals surface area contributed by atoms with Crippen molar-refractivity contribution in [1.82, 2.24) is 5.32 Å². The summed E-state index contributed by atoms with van der Waals surface area (Å²) >= 11 is 0. The van der Waals surface area contributed by atoms with Crippen LogP contribution in [-0.2, 0) is 14.3 Å². The smallest absolute Gasteiger partial charge is 0.305 e. The highest BCUT2D eigenvalue weighted by Gasteiger charge is 2.20. The average molecular weight is 820 g/mol. The van der Waals surface area contributed by atoms with Gasteiger partial charge >= 0.3 is 5.97 Å². The third-order valence-electron chi connectivity index (χ3n) is 12.1. The van der Waals surface area contributed by atoms with Crippen molar-refractivity contribution in [2.45, 2.75) is 296 Å². The number of esters is 1. The number of aliphatic hydroxyl groups is 2. The number of carbonyl (C=O) groups is 2. The Morgan fingerprint density at radius 3 is 1.26 bits per heavy atom. The second-order valence-electron chi connectivity index (χ2n) is 17.9. The van der Waals surface area contributed by atoms with E-state index in [0.717, 1.165) is 70.6 Å². The van der Waals surface area contributed by atoms with E-state index in [1.54, 1.807) is 0 Å². The van der Waals surface area contributed by atoms with Crippen LogP contribution in [0.1, 0.15) is 284 Å². The summed E-state index contributed by atoms with van der Waals surface area (Å²) < 4.78 is 5.45. The van der Waals surface area contributed by atoms with Gasteiger partial charge in [0.15, 0.2) is 0 Å². The Balaban J connectivity index is 3.52. The maximum Gasteiger partial charge on any atom is 0.305 e. The van der Waals surface area contributed by atoms with E-state index in [4.69, 9.17) is 4.74 Å². The van der Waals surface area contributed by atoms with Crippen LogP contribution >= 0.6 is 0 Å². The summed E-state index contributed by atoms with van der Waals surface area (Å²) in [5, 5.41) is 23.2. The SMILES string of the molecule is CCCCCCCCCCCCCCCCCCC(=O)OCCCCCC/C=C\CCCC(=O)NC(CO)C(O)CCCCCCCCCCCCCCCCCC. The number of amides is 1. The highest BCUT2D eigenvalue weighted by Crippen LogP contribution is 2.17. The van der Waals surface area contributed by atoms with Gasteiger partial charge in [0.25, 0.3) is 0 Å². The van der Waals surface area contributed by atoms with Gasteiger partial charge < -0.3 is 20.3 Å². The second kappa shape index (κ2) is 48.3. The van der Waals surface area contributed by atoms with Crippen LogP contribution in [0.25, 0.3) is 0 Å². The van der Waals surface area contributed by atoms with E-state index < -0.39 is 12.1 Å². The summed E-state index contributed by atoms with van der Waals surface area (Å²) in [7, 11) is 0. The number of carbonyl (C=O) groups excluding carboxylic acids is 2. The van der Waals surface area contributed by atoms with Crippen molar-refractivity contribution in [3.8, 4) is 0 Å². The minimum Gasteiger partial charge on any atom is -0.466 e. The summed E-state index contributed by atoms with van der Waals surface area (Å²) in [5.41, 5.74) is 0. The number of unbranched alkanes of at least 4 members (excludes halogenated alkanes) is 35. The molecule has 0 aliphatic carbocycles. The minimum absolute atomic E-state index is 0.0318. The van der Waals surface area contributed by atoms with Crippen LogP contribution in [0.3, 0.4) is 0 Å². The van der Waals surface area contributed by atoms with Gasteiger partial charge in [-0.3, -0.25) is 9.59 Å². The summed E-state index contributed by atoms with van der Waals surface area (Å²) in [5.74, 6) is -0.125. The molecular weight excluding hydrogens is 719 g/mol. The number of hydrogen-bond acceptors (Lipinski definition) is 5. The van der Waals surface area contributed by atoms with Crippen molar-refractivity contribution < 1.29 is 24.5 Å². The van der Waals surface area contributed by atoms with Gasteiger partial charge in [-0.1, -0.05) is 238 Å². The lowest BCUT2D eigenvalue weighted by molar-refractivity contribution is -0.143. The van der Waals surface area contributed by atoms with Crippen LogP contribution in [0.15, 0.2) is 12.2 Å². The molecule has 6 nitrogen and oxygen atoms in total. The van der Waals surface area contributed by atoms with E-state index in [1.807, 2.05) is 0 Å². The fourth-order valence-corrected chi connectivity index (χ4v) is 8.05. The lowest BCUT2D eigenvalue weighted by atomic mass is 10.0. The molecule has 0 aromatic heterocycles. The Morgan fingerprint density at radius 2 is 0.828 bits per heavy atom. The van der Waals surface area contributed by atoms with E-state index in [1.165, 1.54) is 180 Å². The maximum absolute atomic E-state index is 12.4. The van der Waals surface area contributed by atoms with Crippen molar-refractivity contribution in [3.63, 3.8) is 0 Å². The summed E-state index contributed by atoms with van der Waals surface area (Å²) in [6.45, 7) is 4.88. The standard InChI is InChI=1S/C52H101NO5/c1-3-5-7-9-11-13-15-17-19-21-23-25-28-32-36-40-44-50(55)49(48-54)53-51(56)45-41-37-33-29-27-31-35-39-43-47-58-52(57)46-42-38-34-30-26-24-22-20-18-16-14-12-10-8-6-4-2/h29,33,49-50,54-55H,3-28,30-32,34-48H2,1-2H3,(H,53,56)/b33-29-. The third-order valence-corrected chi connectivity index (χ3v) is 12.1. The lowest BCUT2D eigenvalue weighted by Crippen LogP contribution is -2.45. The molecular formula is C52H101NO5. The van der Waals surface area contributed by atoms with Crippen LogP contribution < -0.4 is 5.32 Å². The van der Waals surface area contributed by atoms with Gasteiger partial charge in [0, 0.05) is 12.8 Å². The number of nitrogens with one attached hydrogen (secondary N) is 1. The Labute approximate surface area is 361 Å². The molecule has 0 bridgehead atoms. The quantitative estimate of drug-likeness (QED) is 0.0323. The van der Waals surface area contributed by atoms with Gasteiger partial charge in [0.05, 0.1) is 25.4 Å². The van der Waals surface area contributed by atoms with E-state index in [2.05, 4.69) is 31.3 Å². The van der Waals surface area contributed by atoms with Gasteiger partial charge in [-0.15, -0.1) is 0 Å². The van der Waals surface area contributed by atoms with E-state index >= 15 is 0 Å². The largest absolute Gasteiger partial charge is 0.466 e. The normalized spacial score (nSPS) is 12.7. The predicted octanol–water partition coefficient (Wildman–Crippen LogP) is 15.3. The first-order valence-corrected chi connectivity index (χ1v) is 25.9. The Morgan fingerprint density at radius 1 is 0.466 bits per heavy atom. The first-order chi connectivity index (χ1) is 28.5. The van der Waals surface area contributed by atoms with Crippen LogP contribution in [-0.4, -0.2) is 47.4 Å². The third kappa shape index (κ3) is 44.2. The Hall–Kier alpha value is -1.40. The first kappa shape index (κ1) is 56.6. The lowest BCUT2D eigenvalue weighted by Gasteiger charge is -2.22. The average Bonchev–Trinajstić information content (AvgIpc) is 3.22. The van der Waals surface area contributed by atoms with Crippen molar-refractivity contribution in [2.24, 2.45) is 0 Å². The highest BCUT2D eigenvalue weighted by atomic mass is 16.5. The fraction of sp³-hybridized carbons (Fsp3) is 0.923. The van der Waals surface area contributed by atoms with Crippen molar-refractivity contribution in [3.05, 3.63) is 12.2 Å². The molecule has 2 unspecified atom stereocenters. The first-order valence-electron chi connectivity index (χ1n) is 25.9. The van der Waals surface area contributed by atoms with Crippen molar-refractivity contribution in [2.75, 3.05) is 13.2 Å². The molecule has 0 aromatic carbocycles. The zero-order valence-electron chi connectivity index (χ0n) is 39.0. The molecule has 0 aliphatic heterocycles.